The van der Waals surface area contributed by atoms with Crippen LogP contribution in [-0.4, -0.2) is 102 Å². The van der Waals surface area contributed by atoms with Crippen LogP contribution in [0.3, 0.4) is 0 Å². The summed E-state index contributed by atoms with van der Waals surface area (Å²) in [4.78, 5) is 65.9. The number of nitrogens with one attached hydrogen (secondary N) is 5. The van der Waals surface area contributed by atoms with Gasteiger partial charge in [0.15, 0.2) is 0 Å². The number of nitrogens with zero attached hydrogens (tertiary/aromatic N) is 1. The maximum atomic E-state index is 13.2. The van der Waals surface area contributed by atoms with Gasteiger partial charge in [-0.2, -0.15) is 12.6 Å². The number of phenols is 1. The van der Waals surface area contributed by atoms with Crippen molar-refractivity contribution in [1.29, 1.82) is 0 Å². The maximum absolute atomic E-state index is 13.2. The number of benzene rings is 2. The highest BCUT2D eigenvalue weighted by molar-refractivity contribution is 7.99. The Morgan fingerprint density at radius 3 is 2.26 bits per heavy atom. The van der Waals surface area contributed by atoms with E-state index < -0.39 is 60.2 Å². The average Bonchev–Trinajstić information content (AvgIpc) is 3.56. The number of carbonyl (C=O) groups excluding carboxylic acids is 5. The summed E-state index contributed by atoms with van der Waals surface area (Å²) in [6.45, 7) is -0.439. The normalized spacial score (nSPS) is 16.4. The highest BCUT2D eigenvalue weighted by atomic mass is 32.2. The molecule has 1 unspecified atom stereocenters. The number of hydrogen-bond acceptors (Lipinski definition) is 10. The summed E-state index contributed by atoms with van der Waals surface area (Å²) in [5, 5.41) is 23.0. The molecule has 1 aliphatic heterocycles. The number of carbonyl (C=O) groups is 5. The molecule has 5 amide bonds. The minimum absolute atomic E-state index is 0.0219. The molecule has 14 heteroatoms. The fraction of sp³-hybridized carbons (Fsp3) is 0.414. The molecule has 1 fully saturated rings. The van der Waals surface area contributed by atoms with Crippen molar-refractivity contribution >= 4 is 53.9 Å². The summed E-state index contributed by atoms with van der Waals surface area (Å²) in [5.74, 6) is -1.45. The lowest BCUT2D eigenvalue weighted by Gasteiger charge is -2.28. The second-order valence-corrected chi connectivity index (χ2v) is 11.4. The molecule has 12 nitrogen and oxygen atoms in total. The molecule has 2 aromatic carbocycles. The molecule has 0 spiro atoms. The van der Waals surface area contributed by atoms with Gasteiger partial charge >= 0.3 is 0 Å². The van der Waals surface area contributed by atoms with Gasteiger partial charge in [-0.3, -0.25) is 34.6 Å². The van der Waals surface area contributed by atoms with Crippen molar-refractivity contribution in [2.75, 3.05) is 38.0 Å². The Bertz CT molecular complexity index is 1260. The van der Waals surface area contributed by atoms with E-state index in [0.29, 0.717) is 18.1 Å². The topological polar surface area (TPSA) is 169 Å². The number of thiol groups is 1. The number of amides is 5. The number of aromatic hydroxyl groups is 1. The van der Waals surface area contributed by atoms with Crippen molar-refractivity contribution in [1.82, 2.24) is 31.5 Å². The SMILES string of the molecule is CN[C@@H](Cc1ccc(O)cc1)C(=O)N[C@H](CS)C(=O)NCC(=O)N(C)[C@@H](Cc1ccccc1)C(=O)NC(=O)C1CSCN1. The molecule has 6 N–H and O–H groups in total. The lowest BCUT2D eigenvalue weighted by Crippen LogP contribution is -2.56. The van der Waals surface area contributed by atoms with E-state index in [2.05, 4.69) is 39.2 Å². The van der Waals surface area contributed by atoms with Crippen LogP contribution in [0.5, 0.6) is 5.75 Å². The van der Waals surface area contributed by atoms with Crippen molar-refractivity contribution in [3.8, 4) is 5.75 Å². The fourth-order valence-corrected chi connectivity index (χ4v) is 5.54. The van der Waals surface area contributed by atoms with Crippen LogP contribution < -0.4 is 26.6 Å². The number of imide groups is 1. The second-order valence-electron chi connectivity index (χ2n) is 10.0. The monoisotopic (exact) mass is 630 g/mol. The van der Waals surface area contributed by atoms with Crippen molar-refractivity contribution < 1.29 is 29.1 Å². The van der Waals surface area contributed by atoms with Crippen molar-refractivity contribution in [2.45, 2.75) is 37.0 Å². The molecule has 0 bridgehead atoms. The van der Waals surface area contributed by atoms with E-state index in [4.69, 9.17) is 0 Å². The second kappa shape index (κ2) is 16.9. The third kappa shape index (κ3) is 10.3. The van der Waals surface area contributed by atoms with Gasteiger partial charge in [-0.05, 0) is 36.7 Å². The molecule has 0 aliphatic carbocycles. The fourth-order valence-electron chi connectivity index (χ4n) is 4.34. The molecule has 232 valence electrons. The van der Waals surface area contributed by atoms with E-state index in [1.54, 1.807) is 30.9 Å². The van der Waals surface area contributed by atoms with Gasteiger partial charge in [0.05, 0.1) is 18.6 Å². The molecular formula is C29H38N6O6S2. The van der Waals surface area contributed by atoms with Crippen LogP contribution in [0.2, 0.25) is 0 Å². The Morgan fingerprint density at radius 2 is 1.65 bits per heavy atom. The molecule has 0 radical (unpaired) electrons. The predicted molar refractivity (Wildman–Crippen MR) is 168 cm³/mol. The first-order valence-electron chi connectivity index (χ1n) is 13.7. The predicted octanol–water partition coefficient (Wildman–Crippen LogP) is -0.571. The van der Waals surface area contributed by atoms with E-state index in [0.717, 1.165) is 11.1 Å². The molecule has 3 rings (SSSR count). The van der Waals surface area contributed by atoms with Gasteiger partial charge in [0.25, 0.3) is 0 Å². The van der Waals surface area contributed by atoms with E-state index in [1.165, 1.54) is 24.1 Å². The van der Waals surface area contributed by atoms with Gasteiger partial charge in [-0.25, -0.2) is 0 Å². The Kier molecular flexibility index (Phi) is 13.3. The number of thioether (sulfide) groups is 1. The van der Waals surface area contributed by atoms with E-state index in [9.17, 15) is 29.1 Å². The Hall–Kier alpha value is -3.59. The largest absolute Gasteiger partial charge is 0.508 e. The molecule has 0 saturated carbocycles. The summed E-state index contributed by atoms with van der Waals surface area (Å²) in [6, 6.07) is 12.3. The van der Waals surface area contributed by atoms with Crippen LogP contribution >= 0.6 is 24.4 Å². The number of hydrogen-bond donors (Lipinski definition) is 7. The quantitative estimate of drug-likeness (QED) is 0.135. The molecular weight excluding hydrogens is 592 g/mol. The highest BCUT2D eigenvalue weighted by Gasteiger charge is 2.32. The number of likely N-dealkylation sites (N-methyl/N-ethyl adjacent to an activating group) is 2. The Balaban J connectivity index is 1.59. The number of rotatable bonds is 14. The molecule has 4 atom stereocenters. The Morgan fingerprint density at radius 1 is 0.977 bits per heavy atom. The van der Waals surface area contributed by atoms with E-state index in [-0.39, 0.29) is 17.9 Å². The molecule has 1 aliphatic rings. The standard InChI is InChI=1S/C29H38N6O6S2/c1-30-21(12-19-8-10-20(36)11-9-19)27(39)33-22(15-42)26(38)31-14-25(37)35(2)24(13-18-6-4-3-5-7-18)29(41)34-28(40)23-16-43-17-32-23/h3-11,21-24,30,32,36,42H,12-17H2,1-2H3,(H,31,38)(H,33,39)(H,34,40,41)/t21-,22+,23?,24-/m0/s1. The van der Waals surface area contributed by atoms with Gasteiger partial charge in [0, 0.05) is 30.9 Å². The van der Waals surface area contributed by atoms with Crippen molar-refractivity contribution in [3.05, 3.63) is 65.7 Å². The first-order chi connectivity index (χ1) is 20.6. The maximum Gasteiger partial charge on any atom is 0.249 e. The third-order valence-electron chi connectivity index (χ3n) is 6.99. The summed E-state index contributed by atoms with van der Waals surface area (Å²) >= 11 is 5.74. The van der Waals surface area contributed by atoms with E-state index in [1.807, 2.05) is 30.3 Å². The molecule has 0 aromatic heterocycles. The lowest BCUT2D eigenvalue weighted by atomic mass is 10.0. The zero-order valence-electron chi connectivity index (χ0n) is 24.0. The highest BCUT2D eigenvalue weighted by Crippen LogP contribution is 2.13. The van der Waals surface area contributed by atoms with Crippen LogP contribution in [-0.2, 0) is 36.8 Å². The summed E-state index contributed by atoms with van der Waals surface area (Å²) in [7, 11) is 3.06. The van der Waals surface area contributed by atoms with Gasteiger partial charge in [-0.1, -0.05) is 42.5 Å². The third-order valence-corrected chi connectivity index (χ3v) is 8.29. The number of phenolic OH excluding ortho intramolecular Hbond substituents is 1. The summed E-state index contributed by atoms with van der Waals surface area (Å²) in [5.41, 5.74) is 1.60. The van der Waals surface area contributed by atoms with Crippen LogP contribution in [0.15, 0.2) is 54.6 Å². The van der Waals surface area contributed by atoms with Gasteiger partial charge in [0.1, 0.15) is 17.8 Å². The van der Waals surface area contributed by atoms with Crippen molar-refractivity contribution in [3.63, 3.8) is 0 Å². The molecule has 43 heavy (non-hydrogen) atoms. The van der Waals surface area contributed by atoms with Crippen LogP contribution in [0.25, 0.3) is 0 Å². The minimum Gasteiger partial charge on any atom is -0.508 e. The molecule has 2 aromatic rings. The average molecular weight is 631 g/mol. The first-order valence-corrected chi connectivity index (χ1v) is 15.5. The van der Waals surface area contributed by atoms with Crippen LogP contribution in [0.1, 0.15) is 11.1 Å². The van der Waals surface area contributed by atoms with Gasteiger partial charge in [-0.15, -0.1) is 11.8 Å². The molecule has 1 heterocycles. The smallest absolute Gasteiger partial charge is 0.249 e. The van der Waals surface area contributed by atoms with E-state index >= 15 is 0 Å². The van der Waals surface area contributed by atoms with Crippen LogP contribution in [0, 0.1) is 0 Å². The van der Waals surface area contributed by atoms with Crippen molar-refractivity contribution in [2.24, 2.45) is 0 Å². The Labute approximate surface area is 260 Å². The van der Waals surface area contributed by atoms with Crippen LogP contribution in [0.4, 0.5) is 0 Å². The molecule has 1 saturated heterocycles. The van der Waals surface area contributed by atoms with Gasteiger partial charge in [0.2, 0.25) is 29.5 Å². The zero-order chi connectivity index (χ0) is 31.4. The zero-order valence-corrected chi connectivity index (χ0v) is 25.8. The summed E-state index contributed by atoms with van der Waals surface area (Å²) in [6.07, 6.45) is 0.473. The minimum atomic E-state index is -1.03. The lowest BCUT2D eigenvalue weighted by molar-refractivity contribution is -0.141. The summed E-state index contributed by atoms with van der Waals surface area (Å²) < 4.78 is 0. The first kappa shape index (κ1) is 33.9. The van der Waals surface area contributed by atoms with Gasteiger partial charge < -0.3 is 26.0 Å².